The maximum absolute atomic E-state index is 15.0. The van der Waals surface area contributed by atoms with Gasteiger partial charge in [0.2, 0.25) is 5.95 Å². The lowest BCUT2D eigenvalue weighted by atomic mass is 10.0. The van der Waals surface area contributed by atoms with Gasteiger partial charge < -0.3 is 4.57 Å². The van der Waals surface area contributed by atoms with Crippen molar-refractivity contribution in [1.29, 1.82) is 0 Å². The Labute approximate surface area is 190 Å². The average molecular weight is 472 g/mol. The van der Waals surface area contributed by atoms with Gasteiger partial charge in [0.05, 0.1) is 23.2 Å². The van der Waals surface area contributed by atoms with Crippen molar-refractivity contribution in [3.8, 4) is 11.1 Å². The lowest BCUT2D eigenvalue weighted by Crippen LogP contribution is -2.18. The zero-order chi connectivity index (χ0) is 23.9. The summed E-state index contributed by atoms with van der Waals surface area (Å²) in [6.45, 7) is 3.42. The van der Waals surface area contributed by atoms with Crippen molar-refractivity contribution < 1.29 is 17.2 Å². The largest absolute Gasteiger partial charge is 0.318 e. The quantitative estimate of drug-likeness (QED) is 0.427. The first kappa shape index (κ1) is 22.8. The molecule has 0 radical (unpaired) electrons. The van der Waals surface area contributed by atoms with Crippen LogP contribution in [0.5, 0.6) is 0 Å². The zero-order valence-corrected chi connectivity index (χ0v) is 19.3. The predicted molar refractivity (Wildman–Crippen MR) is 124 cm³/mol. The van der Waals surface area contributed by atoms with Crippen LogP contribution >= 0.6 is 0 Å². The van der Waals surface area contributed by atoms with Crippen molar-refractivity contribution >= 4 is 20.7 Å². The van der Waals surface area contributed by atoms with Crippen LogP contribution in [-0.4, -0.2) is 28.5 Å². The Hall–Kier alpha value is -3.33. The number of hydrogen-bond donors (Lipinski definition) is 0. The highest BCUT2D eigenvalue weighted by Crippen LogP contribution is 2.31. The van der Waals surface area contributed by atoms with Gasteiger partial charge in [-0.3, -0.25) is 9.48 Å². The molecule has 0 amide bonds. The van der Waals surface area contributed by atoms with Gasteiger partial charge in [-0.1, -0.05) is 19.1 Å². The zero-order valence-electron chi connectivity index (χ0n) is 18.5. The number of rotatable bonds is 6. The average Bonchev–Trinajstić information content (AvgIpc) is 3.08. The molecule has 2 heterocycles. The summed E-state index contributed by atoms with van der Waals surface area (Å²) < 4.78 is 56.0. The number of halogens is 2. The molecule has 0 aliphatic rings. The predicted octanol–water partition coefficient (Wildman–Crippen LogP) is 3.97. The summed E-state index contributed by atoms with van der Waals surface area (Å²) in [5.41, 5.74) is 3.17. The van der Waals surface area contributed by atoms with E-state index >= 15 is 0 Å². The van der Waals surface area contributed by atoms with Gasteiger partial charge in [0, 0.05) is 24.6 Å². The molecular formula is C24H23F2N3O3S. The van der Waals surface area contributed by atoms with Gasteiger partial charge in [0.15, 0.2) is 9.84 Å². The standard InChI is InChI=1S/C24H23F2N3O3S/c1-4-33(31,32)14-19-10-17(18-9-15(2)24(30)28(3)13-18)11-21-22(19)23(26)27-29(21)12-16-5-7-20(25)8-6-16/h5-11,13H,4,12,14H2,1-3H3. The minimum atomic E-state index is -3.46. The lowest BCUT2D eigenvalue weighted by molar-refractivity contribution is 0.548. The van der Waals surface area contributed by atoms with Crippen molar-refractivity contribution in [2.75, 3.05) is 5.75 Å². The van der Waals surface area contributed by atoms with Crippen molar-refractivity contribution in [3.05, 3.63) is 87.5 Å². The summed E-state index contributed by atoms with van der Waals surface area (Å²) in [6.07, 6.45) is 1.66. The van der Waals surface area contributed by atoms with Gasteiger partial charge in [-0.2, -0.15) is 4.39 Å². The van der Waals surface area contributed by atoms with Gasteiger partial charge >= 0.3 is 0 Å². The number of pyridine rings is 1. The fourth-order valence-electron chi connectivity index (χ4n) is 3.88. The first-order valence-corrected chi connectivity index (χ1v) is 12.2. The Kier molecular flexibility index (Phi) is 5.92. The van der Waals surface area contributed by atoms with Crippen LogP contribution < -0.4 is 5.56 Å². The molecule has 4 rings (SSSR count). The Morgan fingerprint density at radius 3 is 2.36 bits per heavy atom. The van der Waals surface area contributed by atoms with E-state index in [1.807, 2.05) is 0 Å². The number of nitrogens with zero attached hydrogens (tertiary/aromatic N) is 3. The van der Waals surface area contributed by atoms with Gasteiger partial charge in [-0.15, -0.1) is 5.10 Å². The third-order valence-electron chi connectivity index (χ3n) is 5.65. The van der Waals surface area contributed by atoms with Gasteiger partial charge in [-0.25, -0.2) is 12.8 Å². The smallest absolute Gasteiger partial charge is 0.253 e. The summed E-state index contributed by atoms with van der Waals surface area (Å²) in [6, 6.07) is 10.9. The van der Waals surface area contributed by atoms with E-state index in [-0.39, 0.29) is 34.8 Å². The van der Waals surface area contributed by atoms with Crippen LogP contribution in [0, 0.1) is 18.7 Å². The molecule has 2 aromatic carbocycles. The molecule has 0 aliphatic heterocycles. The molecule has 4 aromatic rings. The SMILES string of the molecule is CCS(=O)(=O)Cc1cc(-c2cc(C)c(=O)n(C)c2)cc2c1c(F)nn2Cc1ccc(F)cc1. The van der Waals surface area contributed by atoms with E-state index < -0.39 is 15.8 Å². The molecule has 6 nitrogen and oxygen atoms in total. The summed E-state index contributed by atoms with van der Waals surface area (Å²) in [7, 11) is -1.82. The maximum Gasteiger partial charge on any atom is 0.253 e. The molecule has 2 aromatic heterocycles. The molecule has 0 saturated heterocycles. The molecule has 0 bridgehead atoms. The lowest BCUT2D eigenvalue weighted by Gasteiger charge is -2.12. The van der Waals surface area contributed by atoms with Crippen LogP contribution in [0.3, 0.4) is 0 Å². The molecule has 0 atom stereocenters. The van der Waals surface area contributed by atoms with E-state index in [1.165, 1.54) is 21.4 Å². The minimum absolute atomic E-state index is 0.0804. The molecule has 0 N–H and O–H groups in total. The van der Waals surface area contributed by atoms with Crippen molar-refractivity contribution in [2.45, 2.75) is 26.1 Å². The Balaban J connectivity index is 1.95. The van der Waals surface area contributed by atoms with Crippen molar-refractivity contribution in [2.24, 2.45) is 7.05 Å². The Morgan fingerprint density at radius 1 is 1.03 bits per heavy atom. The molecule has 0 spiro atoms. The van der Waals surface area contributed by atoms with Crippen LogP contribution in [-0.2, 0) is 29.2 Å². The van der Waals surface area contributed by atoms with E-state index in [4.69, 9.17) is 0 Å². The van der Waals surface area contributed by atoms with Crippen molar-refractivity contribution in [3.63, 3.8) is 0 Å². The third-order valence-corrected chi connectivity index (χ3v) is 7.28. The fraction of sp³-hybridized carbons (Fsp3) is 0.250. The van der Waals surface area contributed by atoms with Crippen LogP contribution in [0.15, 0.2) is 53.5 Å². The van der Waals surface area contributed by atoms with Gasteiger partial charge in [-0.05, 0) is 59.5 Å². The van der Waals surface area contributed by atoms with E-state index in [0.717, 1.165) is 0 Å². The van der Waals surface area contributed by atoms with Crippen LogP contribution in [0.4, 0.5) is 8.78 Å². The molecule has 0 saturated carbocycles. The monoisotopic (exact) mass is 471 g/mol. The minimum Gasteiger partial charge on any atom is -0.318 e. The molecule has 0 aliphatic carbocycles. The topological polar surface area (TPSA) is 74.0 Å². The Morgan fingerprint density at radius 2 is 1.73 bits per heavy atom. The second-order valence-corrected chi connectivity index (χ2v) is 10.5. The first-order valence-electron chi connectivity index (χ1n) is 10.4. The number of hydrogen-bond acceptors (Lipinski definition) is 4. The number of aromatic nitrogens is 3. The van der Waals surface area contributed by atoms with E-state index in [9.17, 15) is 22.0 Å². The Bertz CT molecular complexity index is 1500. The van der Waals surface area contributed by atoms with E-state index in [2.05, 4.69) is 5.10 Å². The number of sulfone groups is 1. The van der Waals surface area contributed by atoms with E-state index in [0.29, 0.717) is 33.3 Å². The van der Waals surface area contributed by atoms with Gasteiger partial charge in [0.1, 0.15) is 5.82 Å². The van der Waals surface area contributed by atoms with Crippen LogP contribution in [0.1, 0.15) is 23.6 Å². The molecule has 33 heavy (non-hydrogen) atoms. The molecular weight excluding hydrogens is 448 g/mol. The molecule has 0 unspecified atom stereocenters. The second kappa shape index (κ2) is 8.55. The first-order chi connectivity index (χ1) is 15.6. The highest BCUT2D eigenvalue weighted by molar-refractivity contribution is 7.90. The maximum atomic E-state index is 15.0. The number of benzene rings is 2. The number of fused-ring (bicyclic) bond motifs is 1. The third kappa shape index (κ3) is 4.59. The highest BCUT2D eigenvalue weighted by atomic mass is 32.2. The summed E-state index contributed by atoms with van der Waals surface area (Å²) in [5, 5.41) is 4.15. The normalized spacial score (nSPS) is 11.9. The molecule has 172 valence electrons. The summed E-state index contributed by atoms with van der Waals surface area (Å²) >= 11 is 0. The van der Waals surface area contributed by atoms with Gasteiger partial charge in [0.25, 0.3) is 5.56 Å². The summed E-state index contributed by atoms with van der Waals surface area (Å²) in [4.78, 5) is 12.1. The molecule has 0 fully saturated rings. The van der Waals surface area contributed by atoms with E-state index in [1.54, 1.807) is 57.4 Å². The molecule has 9 heteroatoms. The second-order valence-electron chi connectivity index (χ2n) is 8.11. The fourth-order valence-corrected chi connectivity index (χ4v) is 4.78. The van der Waals surface area contributed by atoms with Crippen LogP contribution in [0.25, 0.3) is 22.0 Å². The van der Waals surface area contributed by atoms with Crippen molar-refractivity contribution in [1.82, 2.24) is 14.3 Å². The van der Waals surface area contributed by atoms with Crippen LogP contribution in [0.2, 0.25) is 0 Å². The summed E-state index contributed by atoms with van der Waals surface area (Å²) in [5.74, 6) is -1.56. The highest BCUT2D eigenvalue weighted by Gasteiger charge is 2.21. The number of aryl methyl sites for hydroxylation is 2.